The number of ether oxygens (including phenoxy) is 2. The van der Waals surface area contributed by atoms with Crippen LogP contribution in [0.3, 0.4) is 0 Å². The minimum atomic E-state index is -0.912. The molecule has 2 unspecified atom stereocenters. The maximum absolute atomic E-state index is 13.9. The SMILES string of the molecule is Cc1ccc(CC(C)(C)NCC(O)CO[C@H](C)COC(C)c2ccccc2-c2ccc(C(=O)O)c(CC(C)C)c2)cc1F. The molecule has 0 aromatic heterocycles. The quantitative estimate of drug-likeness (QED) is 0.163. The van der Waals surface area contributed by atoms with Crippen molar-refractivity contribution in [1.82, 2.24) is 5.32 Å². The van der Waals surface area contributed by atoms with Crippen molar-refractivity contribution in [2.45, 2.75) is 85.2 Å². The minimum absolute atomic E-state index is 0.159. The zero-order chi connectivity index (χ0) is 31.7. The lowest BCUT2D eigenvalue weighted by Gasteiger charge is -2.28. The highest BCUT2D eigenvalue weighted by Gasteiger charge is 2.21. The van der Waals surface area contributed by atoms with Crippen LogP contribution in [0.25, 0.3) is 11.1 Å². The topological polar surface area (TPSA) is 88.0 Å². The van der Waals surface area contributed by atoms with Crippen LogP contribution in [0.15, 0.2) is 60.7 Å². The molecule has 0 amide bonds. The number of rotatable bonds is 16. The number of carbonyl (C=O) groups is 1. The van der Waals surface area contributed by atoms with E-state index in [9.17, 15) is 19.4 Å². The molecular weight excluding hydrogens is 545 g/mol. The van der Waals surface area contributed by atoms with Gasteiger partial charge in [0, 0.05) is 12.1 Å². The van der Waals surface area contributed by atoms with E-state index in [1.165, 1.54) is 0 Å². The first-order valence-corrected chi connectivity index (χ1v) is 15.1. The van der Waals surface area contributed by atoms with Crippen LogP contribution in [0.4, 0.5) is 4.39 Å². The van der Waals surface area contributed by atoms with Crippen LogP contribution in [0, 0.1) is 18.7 Å². The fraction of sp³-hybridized carbons (Fsp3) is 0.472. The molecule has 234 valence electrons. The Morgan fingerprint density at radius 2 is 1.70 bits per heavy atom. The Bertz CT molecular complexity index is 1360. The molecule has 0 aliphatic rings. The molecule has 3 rings (SSSR count). The first-order valence-electron chi connectivity index (χ1n) is 15.1. The zero-order valence-electron chi connectivity index (χ0n) is 26.6. The van der Waals surface area contributed by atoms with Gasteiger partial charge in [0.2, 0.25) is 0 Å². The summed E-state index contributed by atoms with van der Waals surface area (Å²) < 4.78 is 26.0. The van der Waals surface area contributed by atoms with Crippen molar-refractivity contribution in [2.24, 2.45) is 5.92 Å². The highest BCUT2D eigenvalue weighted by molar-refractivity contribution is 5.90. The first kappa shape index (κ1) is 34.4. The van der Waals surface area contributed by atoms with Crippen molar-refractivity contribution in [3.8, 4) is 11.1 Å². The van der Waals surface area contributed by atoms with E-state index >= 15 is 0 Å². The number of carboxylic acids is 1. The molecule has 7 heteroatoms. The largest absolute Gasteiger partial charge is 0.478 e. The Balaban J connectivity index is 1.52. The maximum atomic E-state index is 13.9. The Kier molecular flexibility index (Phi) is 12.5. The number of aliphatic hydroxyl groups is 1. The van der Waals surface area contributed by atoms with Gasteiger partial charge in [-0.05, 0) is 98.9 Å². The van der Waals surface area contributed by atoms with Crippen LogP contribution >= 0.6 is 0 Å². The number of benzene rings is 3. The summed E-state index contributed by atoms with van der Waals surface area (Å²) in [5.74, 6) is -0.789. The highest BCUT2D eigenvalue weighted by Crippen LogP contribution is 2.32. The second kappa shape index (κ2) is 15.6. The van der Waals surface area contributed by atoms with E-state index in [0.717, 1.165) is 27.8 Å². The molecule has 0 fully saturated rings. The third-order valence-electron chi connectivity index (χ3n) is 7.53. The van der Waals surface area contributed by atoms with Crippen LogP contribution < -0.4 is 5.32 Å². The van der Waals surface area contributed by atoms with Crippen molar-refractivity contribution in [2.75, 3.05) is 19.8 Å². The van der Waals surface area contributed by atoms with E-state index in [4.69, 9.17) is 9.47 Å². The summed E-state index contributed by atoms with van der Waals surface area (Å²) in [5.41, 5.74) is 5.34. The Hall–Kier alpha value is -3.10. The Morgan fingerprint density at radius 1 is 0.977 bits per heavy atom. The fourth-order valence-corrected chi connectivity index (χ4v) is 5.16. The number of β-amino-alcohol motifs (C(OH)–C–C–N with tert-alkyl or cyclic N) is 1. The molecule has 0 aliphatic carbocycles. The minimum Gasteiger partial charge on any atom is -0.478 e. The molecule has 6 nitrogen and oxygen atoms in total. The van der Waals surface area contributed by atoms with Gasteiger partial charge in [-0.3, -0.25) is 0 Å². The second-order valence-electron chi connectivity index (χ2n) is 12.7. The van der Waals surface area contributed by atoms with Gasteiger partial charge < -0.3 is 25.0 Å². The van der Waals surface area contributed by atoms with E-state index < -0.39 is 12.1 Å². The molecule has 0 saturated heterocycles. The van der Waals surface area contributed by atoms with E-state index in [1.54, 1.807) is 25.1 Å². The number of hydrogen-bond acceptors (Lipinski definition) is 5. The van der Waals surface area contributed by atoms with Gasteiger partial charge in [-0.15, -0.1) is 0 Å². The molecule has 0 bridgehead atoms. The van der Waals surface area contributed by atoms with Crippen LogP contribution in [0.1, 0.15) is 80.3 Å². The summed E-state index contributed by atoms with van der Waals surface area (Å²) in [7, 11) is 0. The van der Waals surface area contributed by atoms with E-state index in [2.05, 4.69) is 19.2 Å². The maximum Gasteiger partial charge on any atom is 0.335 e. The standard InChI is InChI=1S/C36H48FNO5/c1-23(2)16-29-18-28(14-15-33(29)35(40)41)32-11-9-8-10-31(32)26(5)43-21-25(4)42-22-30(39)20-38-36(6,7)19-27-13-12-24(3)34(37)17-27/h8-15,17-18,23,25-26,30,38-39H,16,19-22H2,1-7H3,(H,40,41)/t25-,26?,30?/m1/s1. The normalized spacial score (nSPS) is 14.1. The lowest BCUT2D eigenvalue weighted by atomic mass is 9.91. The number of hydrogen-bond donors (Lipinski definition) is 3. The van der Waals surface area contributed by atoms with Crippen LogP contribution in [0.5, 0.6) is 0 Å². The van der Waals surface area contributed by atoms with Crippen LogP contribution in [0.2, 0.25) is 0 Å². The molecule has 3 aromatic rings. The van der Waals surface area contributed by atoms with Gasteiger partial charge in [-0.2, -0.15) is 0 Å². The highest BCUT2D eigenvalue weighted by atomic mass is 19.1. The Morgan fingerprint density at radius 3 is 2.37 bits per heavy atom. The summed E-state index contributed by atoms with van der Waals surface area (Å²) in [6.07, 6.45) is 0.145. The van der Waals surface area contributed by atoms with E-state index in [0.29, 0.717) is 43.0 Å². The number of nitrogens with one attached hydrogen (secondary N) is 1. The van der Waals surface area contributed by atoms with Crippen LogP contribution in [-0.2, 0) is 22.3 Å². The van der Waals surface area contributed by atoms with Crippen molar-refractivity contribution < 1.29 is 28.9 Å². The van der Waals surface area contributed by atoms with Gasteiger partial charge in [0.25, 0.3) is 0 Å². The number of aliphatic hydroxyl groups excluding tert-OH is 1. The summed E-state index contributed by atoms with van der Waals surface area (Å²) in [6, 6.07) is 18.8. The number of aryl methyl sites for hydroxylation is 1. The smallest absolute Gasteiger partial charge is 0.335 e. The molecular formula is C36H48FNO5. The molecule has 43 heavy (non-hydrogen) atoms. The van der Waals surface area contributed by atoms with Crippen molar-refractivity contribution in [3.05, 3.63) is 94.3 Å². The van der Waals surface area contributed by atoms with Gasteiger partial charge in [-0.1, -0.05) is 62.4 Å². The molecule has 0 radical (unpaired) electrons. The van der Waals surface area contributed by atoms with Gasteiger partial charge in [0.1, 0.15) is 5.82 Å². The van der Waals surface area contributed by atoms with Crippen LogP contribution in [-0.4, -0.2) is 53.7 Å². The van der Waals surface area contributed by atoms with Crippen molar-refractivity contribution >= 4 is 5.97 Å². The molecule has 0 saturated carbocycles. The molecule has 3 aromatic carbocycles. The van der Waals surface area contributed by atoms with Gasteiger partial charge >= 0.3 is 5.97 Å². The van der Waals surface area contributed by atoms with E-state index in [1.807, 2.05) is 70.2 Å². The molecule has 0 spiro atoms. The molecule has 3 N–H and O–H groups in total. The second-order valence-corrected chi connectivity index (χ2v) is 12.7. The predicted octanol–water partition coefficient (Wildman–Crippen LogP) is 7.15. The summed E-state index contributed by atoms with van der Waals surface area (Å²) in [4.78, 5) is 11.8. The number of aromatic carboxylic acids is 1. The monoisotopic (exact) mass is 593 g/mol. The van der Waals surface area contributed by atoms with Gasteiger partial charge in [0.15, 0.2) is 0 Å². The first-order chi connectivity index (χ1) is 20.3. The zero-order valence-corrected chi connectivity index (χ0v) is 26.6. The summed E-state index contributed by atoms with van der Waals surface area (Å²) in [5, 5.41) is 23.6. The van der Waals surface area contributed by atoms with Gasteiger partial charge in [-0.25, -0.2) is 9.18 Å². The number of carboxylic acid groups (broad SMARTS) is 1. The lowest BCUT2D eigenvalue weighted by molar-refractivity contribution is -0.0567. The molecule has 0 aliphatic heterocycles. The fourth-order valence-electron chi connectivity index (χ4n) is 5.16. The summed E-state index contributed by atoms with van der Waals surface area (Å²) in [6.45, 7) is 14.7. The van der Waals surface area contributed by atoms with Gasteiger partial charge in [0.05, 0.1) is 37.1 Å². The summed E-state index contributed by atoms with van der Waals surface area (Å²) >= 11 is 0. The molecule has 3 atom stereocenters. The third-order valence-corrected chi connectivity index (χ3v) is 7.53. The average Bonchev–Trinajstić information content (AvgIpc) is 2.95. The van der Waals surface area contributed by atoms with E-state index in [-0.39, 0.29) is 30.2 Å². The van der Waals surface area contributed by atoms with Crippen molar-refractivity contribution in [1.29, 1.82) is 0 Å². The third kappa shape index (κ3) is 10.5. The van der Waals surface area contributed by atoms with Crippen molar-refractivity contribution in [3.63, 3.8) is 0 Å². The predicted molar refractivity (Wildman–Crippen MR) is 170 cm³/mol. The Labute approximate surface area is 256 Å². The average molecular weight is 594 g/mol. The number of halogens is 1. The lowest BCUT2D eigenvalue weighted by Crippen LogP contribution is -2.46. The molecule has 0 heterocycles.